The molecule has 2 saturated heterocycles. The number of nitrogens with zero attached hydrogens (tertiary/aromatic N) is 2. The molecule has 2 aliphatic rings. The van der Waals surface area contributed by atoms with Crippen molar-refractivity contribution in [1.82, 2.24) is 14.6 Å². The molecule has 0 radical (unpaired) electrons. The minimum absolute atomic E-state index is 0.00612. The van der Waals surface area contributed by atoms with Crippen LogP contribution in [0.5, 0.6) is 0 Å². The Labute approximate surface area is 123 Å². The number of carbonyl (C=O) groups excluding carboxylic acids is 1. The summed E-state index contributed by atoms with van der Waals surface area (Å²) < 4.78 is 1.91. The van der Waals surface area contributed by atoms with Crippen molar-refractivity contribution >= 4 is 11.4 Å². The van der Waals surface area contributed by atoms with Crippen LogP contribution in [0.25, 0.3) is 5.52 Å². The van der Waals surface area contributed by atoms with Crippen LogP contribution in [0.15, 0.2) is 30.6 Å². The second kappa shape index (κ2) is 4.64. The molecular formula is C17H17N3O. The normalized spacial score (nSPS) is 26.9. The van der Waals surface area contributed by atoms with Gasteiger partial charge in [-0.1, -0.05) is 5.92 Å². The van der Waals surface area contributed by atoms with Crippen LogP contribution < -0.4 is 5.32 Å². The first kappa shape index (κ1) is 12.5. The number of terminal acetylenes is 1. The number of piperidine rings is 1. The molecule has 2 aliphatic heterocycles. The molecule has 21 heavy (non-hydrogen) atoms. The summed E-state index contributed by atoms with van der Waals surface area (Å²) in [5.74, 6) is 3.24. The Bertz CT molecular complexity index is 755. The average molecular weight is 279 g/mol. The topological polar surface area (TPSA) is 36.8 Å². The second-order valence-corrected chi connectivity index (χ2v) is 6.01. The standard InChI is InChI=1S/C17H17N3O/c1-2-12-7-15-4-3-14(10-20(15)8-12)17(21)18-16-11-19-6-5-13(16)9-19/h1,3-4,7-8,10,13,16H,5-6,9,11H2,(H,18,21)/t13-,16?/m0/s1. The van der Waals surface area contributed by atoms with Gasteiger partial charge in [-0.3, -0.25) is 4.79 Å². The fourth-order valence-corrected chi connectivity index (χ4v) is 3.52. The summed E-state index contributed by atoms with van der Waals surface area (Å²) in [5, 5.41) is 3.18. The van der Waals surface area contributed by atoms with Gasteiger partial charge in [0.05, 0.1) is 5.56 Å². The van der Waals surface area contributed by atoms with Gasteiger partial charge in [-0.05, 0) is 37.1 Å². The highest BCUT2D eigenvalue weighted by molar-refractivity contribution is 5.94. The van der Waals surface area contributed by atoms with Gasteiger partial charge in [-0.25, -0.2) is 0 Å². The lowest BCUT2D eigenvalue weighted by atomic mass is 10.00. The van der Waals surface area contributed by atoms with Gasteiger partial charge in [0.1, 0.15) is 0 Å². The Morgan fingerprint density at radius 3 is 2.95 bits per heavy atom. The quantitative estimate of drug-likeness (QED) is 0.843. The number of hydrogen-bond donors (Lipinski definition) is 1. The van der Waals surface area contributed by atoms with E-state index < -0.39 is 0 Å². The zero-order chi connectivity index (χ0) is 14.4. The van der Waals surface area contributed by atoms with Gasteiger partial charge in [0.15, 0.2) is 0 Å². The smallest absolute Gasteiger partial charge is 0.253 e. The first-order valence-corrected chi connectivity index (χ1v) is 7.34. The van der Waals surface area contributed by atoms with E-state index in [1.807, 2.05) is 35.0 Å². The van der Waals surface area contributed by atoms with Crippen molar-refractivity contribution < 1.29 is 4.79 Å². The lowest BCUT2D eigenvalue weighted by molar-refractivity contribution is 0.0924. The SMILES string of the molecule is C#Cc1cc2ccc(C(=O)NC3CN4CC[C@H]3C4)cn2c1. The van der Waals surface area contributed by atoms with Crippen LogP contribution in [0.3, 0.4) is 0 Å². The van der Waals surface area contributed by atoms with E-state index in [1.165, 1.54) is 13.0 Å². The Kier molecular flexibility index (Phi) is 2.76. The van der Waals surface area contributed by atoms with Gasteiger partial charge in [-0.2, -0.15) is 0 Å². The Morgan fingerprint density at radius 2 is 2.24 bits per heavy atom. The van der Waals surface area contributed by atoms with Gasteiger partial charge in [0.2, 0.25) is 0 Å². The molecule has 2 unspecified atom stereocenters. The number of nitrogens with one attached hydrogen (secondary N) is 1. The summed E-state index contributed by atoms with van der Waals surface area (Å²) in [5.41, 5.74) is 2.51. The molecule has 4 rings (SSSR count). The third-order valence-electron chi connectivity index (χ3n) is 4.67. The number of aromatic nitrogens is 1. The summed E-state index contributed by atoms with van der Waals surface area (Å²) in [6, 6.07) is 6.02. The fourth-order valence-electron chi connectivity index (χ4n) is 3.52. The van der Waals surface area contributed by atoms with Crippen molar-refractivity contribution in [2.24, 2.45) is 5.92 Å². The van der Waals surface area contributed by atoms with Crippen LogP contribution in [0.4, 0.5) is 0 Å². The minimum atomic E-state index is 0.00612. The molecule has 4 heteroatoms. The van der Waals surface area contributed by atoms with Crippen LogP contribution in [-0.4, -0.2) is 40.9 Å². The van der Waals surface area contributed by atoms with E-state index >= 15 is 0 Å². The van der Waals surface area contributed by atoms with E-state index in [0.29, 0.717) is 17.5 Å². The van der Waals surface area contributed by atoms with Gasteiger partial charge < -0.3 is 14.6 Å². The zero-order valence-corrected chi connectivity index (χ0v) is 11.7. The summed E-state index contributed by atoms with van der Waals surface area (Å²) in [4.78, 5) is 14.8. The summed E-state index contributed by atoms with van der Waals surface area (Å²) in [6.45, 7) is 3.30. The molecule has 0 saturated carbocycles. The molecule has 0 aromatic carbocycles. The fraction of sp³-hybridized carbons (Fsp3) is 0.353. The number of rotatable bonds is 2. The highest BCUT2D eigenvalue weighted by atomic mass is 16.1. The van der Waals surface area contributed by atoms with Gasteiger partial charge in [-0.15, -0.1) is 6.42 Å². The van der Waals surface area contributed by atoms with Crippen molar-refractivity contribution in [2.75, 3.05) is 19.6 Å². The van der Waals surface area contributed by atoms with E-state index in [-0.39, 0.29) is 5.91 Å². The summed E-state index contributed by atoms with van der Waals surface area (Å²) >= 11 is 0. The van der Waals surface area contributed by atoms with Crippen LogP contribution in [0, 0.1) is 18.3 Å². The molecule has 2 aromatic rings. The highest BCUT2D eigenvalue weighted by Gasteiger charge is 2.38. The predicted octanol–water partition coefficient (Wildman–Crippen LogP) is 1.35. The Morgan fingerprint density at radius 1 is 1.33 bits per heavy atom. The molecular weight excluding hydrogens is 262 g/mol. The van der Waals surface area contributed by atoms with Crippen molar-refractivity contribution in [2.45, 2.75) is 12.5 Å². The molecule has 106 valence electrons. The molecule has 1 amide bonds. The number of pyridine rings is 1. The lowest BCUT2D eigenvalue weighted by Crippen LogP contribution is -2.43. The number of amides is 1. The maximum absolute atomic E-state index is 12.4. The van der Waals surface area contributed by atoms with E-state index in [0.717, 1.165) is 24.2 Å². The van der Waals surface area contributed by atoms with Gasteiger partial charge in [0, 0.05) is 42.6 Å². The summed E-state index contributed by atoms with van der Waals surface area (Å²) in [6.07, 6.45) is 10.3. The van der Waals surface area contributed by atoms with Crippen LogP contribution in [0.1, 0.15) is 22.3 Å². The largest absolute Gasteiger partial charge is 0.348 e. The van der Waals surface area contributed by atoms with Crippen molar-refractivity contribution in [3.63, 3.8) is 0 Å². The monoisotopic (exact) mass is 279 g/mol. The first-order chi connectivity index (χ1) is 10.2. The zero-order valence-electron chi connectivity index (χ0n) is 11.7. The van der Waals surface area contributed by atoms with Crippen molar-refractivity contribution in [3.8, 4) is 12.3 Å². The van der Waals surface area contributed by atoms with E-state index in [4.69, 9.17) is 6.42 Å². The molecule has 4 heterocycles. The Hall–Kier alpha value is -2.25. The summed E-state index contributed by atoms with van der Waals surface area (Å²) in [7, 11) is 0. The molecule has 0 spiro atoms. The number of hydrogen-bond acceptors (Lipinski definition) is 2. The van der Waals surface area contributed by atoms with Crippen LogP contribution in [0.2, 0.25) is 0 Å². The number of fused-ring (bicyclic) bond motifs is 3. The first-order valence-electron chi connectivity index (χ1n) is 7.34. The maximum Gasteiger partial charge on any atom is 0.253 e. The highest BCUT2D eigenvalue weighted by Crippen LogP contribution is 2.27. The predicted molar refractivity (Wildman–Crippen MR) is 81.1 cm³/mol. The van der Waals surface area contributed by atoms with Gasteiger partial charge >= 0.3 is 0 Å². The van der Waals surface area contributed by atoms with E-state index in [9.17, 15) is 4.79 Å². The lowest BCUT2D eigenvalue weighted by Gasteiger charge is -2.23. The number of carbonyl (C=O) groups is 1. The maximum atomic E-state index is 12.4. The molecule has 1 N–H and O–H groups in total. The second-order valence-electron chi connectivity index (χ2n) is 6.01. The third-order valence-corrected chi connectivity index (χ3v) is 4.67. The van der Waals surface area contributed by atoms with E-state index in [2.05, 4.69) is 16.1 Å². The molecule has 2 bridgehead atoms. The van der Waals surface area contributed by atoms with Crippen LogP contribution in [-0.2, 0) is 0 Å². The third kappa shape index (κ3) is 2.10. The van der Waals surface area contributed by atoms with Crippen molar-refractivity contribution in [3.05, 3.63) is 41.7 Å². The van der Waals surface area contributed by atoms with Crippen LogP contribution >= 0.6 is 0 Å². The van der Waals surface area contributed by atoms with E-state index in [1.54, 1.807) is 0 Å². The molecule has 4 nitrogen and oxygen atoms in total. The van der Waals surface area contributed by atoms with Crippen molar-refractivity contribution in [1.29, 1.82) is 0 Å². The molecule has 3 atom stereocenters. The minimum Gasteiger partial charge on any atom is -0.348 e. The Balaban J connectivity index is 1.55. The average Bonchev–Trinajstić information content (AvgIpc) is 3.20. The molecule has 2 fully saturated rings. The van der Waals surface area contributed by atoms with Gasteiger partial charge in [0.25, 0.3) is 5.91 Å². The molecule has 0 aliphatic carbocycles. The molecule has 2 aromatic heterocycles.